The molecule has 6 nitrogen and oxygen atoms in total. The van der Waals surface area contributed by atoms with E-state index >= 15 is 0 Å². The van der Waals surface area contributed by atoms with Crippen molar-refractivity contribution in [1.82, 2.24) is 25.1 Å². The molecule has 2 aromatic heterocycles. The number of aryl methyl sites for hydroxylation is 1. The third kappa shape index (κ3) is 2.57. The maximum atomic E-state index is 5.95. The first-order valence-corrected chi connectivity index (χ1v) is 7.30. The van der Waals surface area contributed by atoms with Crippen LogP contribution in [0, 0.1) is 0 Å². The molecule has 0 aliphatic rings. The molecule has 0 atom stereocenters. The monoisotopic (exact) mass is 286 g/mol. The Morgan fingerprint density at radius 3 is 2.85 bits per heavy atom. The molecule has 102 valence electrons. The summed E-state index contributed by atoms with van der Waals surface area (Å²) in [5, 5.41) is 8.60. The van der Waals surface area contributed by atoms with Crippen LogP contribution in [0.15, 0.2) is 29.4 Å². The summed E-state index contributed by atoms with van der Waals surface area (Å²) < 4.78 is 0. The lowest BCUT2D eigenvalue weighted by Gasteiger charge is -2.03. The van der Waals surface area contributed by atoms with Crippen molar-refractivity contribution in [3.05, 3.63) is 35.9 Å². The minimum atomic E-state index is 0.510. The lowest BCUT2D eigenvalue weighted by atomic mass is 10.2. The Labute approximate surface area is 120 Å². The average molecular weight is 286 g/mol. The quantitative estimate of drug-likeness (QED) is 0.714. The van der Waals surface area contributed by atoms with Gasteiger partial charge in [-0.3, -0.25) is 5.10 Å². The number of hydrogen-bond acceptors (Lipinski definition) is 6. The summed E-state index contributed by atoms with van der Waals surface area (Å²) in [6.07, 6.45) is 0.840. The van der Waals surface area contributed by atoms with E-state index in [1.54, 1.807) is 0 Å². The zero-order chi connectivity index (χ0) is 13.9. The molecule has 0 bridgehead atoms. The first-order valence-electron chi connectivity index (χ1n) is 6.31. The lowest BCUT2D eigenvalue weighted by molar-refractivity contribution is 0.940. The first-order chi connectivity index (χ1) is 9.76. The first kappa shape index (κ1) is 12.9. The number of nitrogens with two attached hydrogens (primary N) is 1. The zero-order valence-electron chi connectivity index (χ0n) is 11.0. The summed E-state index contributed by atoms with van der Waals surface area (Å²) in [5.74, 6) is 2.67. The van der Waals surface area contributed by atoms with Gasteiger partial charge in [0.05, 0.1) is 11.3 Å². The van der Waals surface area contributed by atoms with Crippen molar-refractivity contribution in [2.24, 2.45) is 0 Å². The van der Waals surface area contributed by atoms with Gasteiger partial charge >= 0.3 is 0 Å². The Morgan fingerprint density at radius 2 is 2.05 bits per heavy atom. The number of aromatic amines is 1. The van der Waals surface area contributed by atoms with E-state index in [1.807, 2.05) is 31.2 Å². The van der Waals surface area contributed by atoms with Gasteiger partial charge in [0, 0.05) is 11.8 Å². The second-order valence-electron chi connectivity index (χ2n) is 4.25. The second kappa shape index (κ2) is 5.46. The molecular formula is C13H14N6S. The van der Waals surface area contributed by atoms with Crippen molar-refractivity contribution in [2.75, 3.05) is 5.73 Å². The Kier molecular flexibility index (Phi) is 3.51. The van der Waals surface area contributed by atoms with Gasteiger partial charge in [-0.1, -0.05) is 30.8 Å². The number of rotatable bonds is 4. The standard InChI is InChI=1S/C13H14N6S/c1-2-10-17-13(19-18-10)20-7-11-15-9-6-4-3-5-8(9)12(14)16-11/h3-6H,2,7H2,1H3,(H2,14,15,16)(H,17,18,19). The van der Waals surface area contributed by atoms with Crippen molar-refractivity contribution in [2.45, 2.75) is 24.3 Å². The van der Waals surface area contributed by atoms with E-state index in [1.165, 1.54) is 11.8 Å². The highest BCUT2D eigenvalue weighted by molar-refractivity contribution is 7.98. The van der Waals surface area contributed by atoms with E-state index < -0.39 is 0 Å². The largest absolute Gasteiger partial charge is 0.383 e. The van der Waals surface area contributed by atoms with Crippen LogP contribution in [0.3, 0.4) is 0 Å². The van der Waals surface area contributed by atoms with Crippen LogP contribution in [0.25, 0.3) is 10.9 Å². The maximum absolute atomic E-state index is 5.95. The molecule has 0 amide bonds. The predicted molar refractivity (Wildman–Crippen MR) is 79.3 cm³/mol. The van der Waals surface area contributed by atoms with E-state index in [9.17, 15) is 0 Å². The van der Waals surface area contributed by atoms with E-state index in [-0.39, 0.29) is 0 Å². The Bertz CT molecular complexity index is 739. The molecule has 0 aliphatic carbocycles. The molecule has 3 rings (SSSR count). The number of benzene rings is 1. The lowest BCUT2D eigenvalue weighted by Crippen LogP contribution is -2.00. The molecule has 0 spiro atoms. The molecule has 0 radical (unpaired) electrons. The molecular weight excluding hydrogens is 272 g/mol. The summed E-state index contributed by atoms with van der Waals surface area (Å²) in [5.41, 5.74) is 6.81. The number of H-pyrrole nitrogens is 1. The Morgan fingerprint density at radius 1 is 1.20 bits per heavy atom. The van der Waals surface area contributed by atoms with E-state index in [0.29, 0.717) is 22.6 Å². The predicted octanol–water partition coefficient (Wildman–Crippen LogP) is 2.18. The molecule has 2 heterocycles. The van der Waals surface area contributed by atoms with Crippen molar-refractivity contribution < 1.29 is 0 Å². The highest BCUT2D eigenvalue weighted by Crippen LogP contribution is 2.21. The fourth-order valence-corrected chi connectivity index (χ4v) is 2.52. The van der Waals surface area contributed by atoms with Crippen molar-refractivity contribution in [3.8, 4) is 0 Å². The molecule has 1 aromatic carbocycles. The number of fused-ring (bicyclic) bond motifs is 1. The van der Waals surface area contributed by atoms with Crippen molar-refractivity contribution in [3.63, 3.8) is 0 Å². The fraction of sp³-hybridized carbons (Fsp3) is 0.231. The fourth-order valence-electron chi connectivity index (χ4n) is 1.85. The molecule has 0 saturated heterocycles. The van der Waals surface area contributed by atoms with E-state index in [0.717, 1.165) is 23.1 Å². The highest BCUT2D eigenvalue weighted by atomic mass is 32.2. The smallest absolute Gasteiger partial charge is 0.208 e. The Hall–Kier alpha value is -2.15. The van der Waals surface area contributed by atoms with Crippen LogP contribution in [-0.2, 0) is 12.2 Å². The summed E-state index contributed by atoms with van der Waals surface area (Å²) >= 11 is 1.49. The molecule has 7 heteroatoms. The number of nitrogen functional groups attached to an aromatic ring is 1. The normalized spacial score (nSPS) is 11.1. The van der Waals surface area contributed by atoms with Crippen LogP contribution in [-0.4, -0.2) is 25.1 Å². The number of nitrogens with zero attached hydrogens (tertiary/aromatic N) is 4. The molecule has 3 aromatic rings. The third-order valence-corrected chi connectivity index (χ3v) is 3.70. The number of nitrogens with one attached hydrogen (secondary N) is 1. The molecule has 0 saturated carbocycles. The van der Waals surface area contributed by atoms with Crippen molar-refractivity contribution in [1.29, 1.82) is 0 Å². The van der Waals surface area contributed by atoms with Gasteiger partial charge in [0.2, 0.25) is 5.16 Å². The number of aromatic nitrogens is 5. The van der Waals surface area contributed by atoms with Crippen LogP contribution in [0.5, 0.6) is 0 Å². The average Bonchev–Trinajstić information content (AvgIpc) is 2.93. The van der Waals surface area contributed by atoms with Crippen LogP contribution < -0.4 is 5.73 Å². The van der Waals surface area contributed by atoms with Gasteiger partial charge in [0.25, 0.3) is 0 Å². The number of thioether (sulfide) groups is 1. The second-order valence-corrected chi connectivity index (χ2v) is 5.19. The number of hydrogen-bond donors (Lipinski definition) is 2. The van der Waals surface area contributed by atoms with Gasteiger partial charge < -0.3 is 5.73 Å². The highest BCUT2D eigenvalue weighted by Gasteiger charge is 2.07. The van der Waals surface area contributed by atoms with Gasteiger partial charge in [-0.2, -0.15) is 0 Å². The molecule has 0 aliphatic heterocycles. The minimum Gasteiger partial charge on any atom is -0.383 e. The summed E-state index contributed by atoms with van der Waals surface area (Å²) in [6, 6.07) is 7.72. The van der Waals surface area contributed by atoms with E-state index in [4.69, 9.17) is 5.73 Å². The van der Waals surface area contributed by atoms with Gasteiger partial charge in [0.1, 0.15) is 17.5 Å². The number of para-hydroxylation sites is 1. The molecule has 0 fully saturated rings. The van der Waals surface area contributed by atoms with Gasteiger partial charge in [-0.15, -0.1) is 5.10 Å². The molecule has 3 N–H and O–H groups in total. The van der Waals surface area contributed by atoms with Gasteiger partial charge in [0.15, 0.2) is 0 Å². The summed E-state index contributed by atoms with van der Waals surface area (Å²) in [7, 11) is 0. The van der Waals surface area contributed by atoms with Gasteiger partial charge in [-0.25, -0.2) is 15.0 Å². The topological polar surface area (TPSA) is 93.4 Å². The summed E-state index contributed by atoms with van der Waals surface area (Å²) in [4.78, 5) is 13.2. The molecule has 20 heavy (non-hydrogen) atoms. The third-order valence-electron chi connectivity index (χ3n) is 2.86. The number of anilines is 1. The SMILES string of the molecule is CCc1nc(SCc2nc(N)c3ccccc3n2)n[nH]1. The van der Waals surface area contributed by atoms with Crippen LogP contribution in [0.4, 0.5) is 5.82 Å². The summed E-state index contributed by atoms with van der Waals surface area (Å²) in [6.45, 7) is 2.03. The van der Waals surface area contributed by atoms with Crippen molar-refractivity contribution >= 4 is 28.5 Å². The zero-order valence-corrected chi connectivity index (χ0v) is 11.8. The molecule has 0 unspecified atom stereocenters. The van der Waals surface area contributed by atoms with Crippen LogP contribution in [0.1, 0.15) is 18.6 Å². The minimum absolute atomic E-state index is 0.510. The van der Waals surface area contributed by atoms with Gasteiger partial charge in [-0.05, 0) is 12.1 Å². The van der Waals surface area contributed by atoms with Crippen LogP contribution >= 0.6 is 11.8 Å². The van der Waals surface area contributed by atoms with Crippen LogP contribution in [0.2, 0.25) is 0 Å². The maximum Gasteiger partial charge on any atom is 0.208 e. The van der Waals surface area contributed by atoms with E-state index in [2.05, 4.69) is 25.1 Å². The Balaban J connectivity index is 1.80.